The second-order valence-corrected chi connectivity index (χ2v) is 6.97. The molecule has 0 radical (unpaired) electrons. The van der Waals surface area contributed by atoms with Crippen molar-refractivity contribution >= 4 is 41.8 Å². The molecular weight excluding hydrogens is 481 g/mol. The fourth-order valence-electron chi connectivity index (χ4n) is 3.07. The van der Waals surface area contributed by atoms with Gasteiger partial charge in [0.2, 0.25) is 5.91 Å². The lowest BCUT2D eigenvalue weighted by atomic mass is 10.1. The van der Waals surface area contributed by atoms with Gasteiger partial charge < -0.3 is 20.4 Å². The van der Waals surface area contributed by atoms with E-state index >= 15 is 0 Å². The average molecular weight is 515 g/mol. The number of hydrogen-bond donors (Lipinski definition) is 2. The zero-order valence-corrected chi connectivity index (χ0v) is 20.1. The molecule has 1 saturated heterocycles. The maximum atomic E-state index is 12.1. The largest absolute Gasteiger partial charge is 0.357 e. The minimum absolute atomic E-state index is 0. The van der Waals surface area contributed by atoms with Gasteiger partial charge in [0, 0.05) is 51.8 Å². The summed E-state index contributed by atoms with van der Waals surface area (Å²) in [5.41, 5.74) is 1.74. The van der Waals surface area contributed by atoms with Crippen LogP contribution in [-0.2, 0) is 11.3 Å². The van der Waals surface area contributed by atoms with Gasteiger partial charge in [0.25, 0.3) is 5.91 Å². The molecule has 1 fully saturated rings. The number of guanidine groups is 1. The molecule has 2 N–H and O–H groups in total. The molecule has 1 aliphatic heterocycles. The van der Waals surface area contributed by atoms with Gasteiger partial charge in [0.15, 0.2) is 5.96 Å². The molecule has 0 spiro atoms. The second kappa shape index (κ2) is 13.4. The van der Waals surface area contributed by atoms with Crippen molar-refractivity contribution in [3.63, 3.8) is 0 Å². The summed E-state index contributed by atoms with van der Waals surface area (Å²) in [6.07, 6.45) is 2.06. The smallest absolute Gasteiger partial charge is 0.251 e. The van der Waals surface area contributed by atoms with Gasteiger partial charge in [-0.15, -0.1) is 24.0 Å². The van der Waals surface area contributed by atoms with E-state index in [1.807, 2.05) is 36.1 Å². The number of amides is 2. The van der Waals surface area contributed by atoms with Crippen LogP contribution in [0.2, 0.25) is 0 Å². The van der Waals surface area contributed by atoms with Crippen molar-refractivity contribution in [3.8, 4) is 0 Å². The fraction of sp³-hybridized carbons (Fsp3) is 0.571. The van der Waals surface area contributed by atoms with E-state index in [2.05, 4.69) is 22.5 Å². The van der Waals surface area contributed by atoms with E-state index in [0.29, 0.717) is 18.7 Å². The topological polar surface area (TPSA) is 77.0 Å². The van der Waals surface area contributed by atoms with Gasteiger partial charge in [0.05, 0.1) is 6.54 Å². The maximum absolute atomic E-state index is 12.1. The van der Waals surface area contributed by atoms with E-state index in [1.54, 1.807) is 6.92 Å². The molecule has 162 valence electrons. The van der Waals surface area contributed by atoms with Crippen LogP contribution in [0, 0.1) is 0 Å². The minimum Gasteiger partial charge on any atom is -0.357 e. The number of benzene rings is 1. The van der Waals surface area contributed by atoms with Crippen LogP contribution in [0.25, 0.3) is 0 Å². The summed E-state index contributed by atoms with van der Waals surface area (Å²) in [4.78, 5) is 32.4. The van der Waals surface area contributed by atoms with Gasteiger partial charge in [-0.05, 0) is 31.0 Å². The lowest BCUT2D eigenvalue weighted by Crippen LogP contribution is -2.53. The van der Waals surface area contributed by atoms with E-state index in [-0.39, 0.29) is 35.8 Å². The van der Waals surface area contributed by atoms with Gasteiger partial charge >= 0.3 is 0 Å². The van der Waals surface area contributed by atoms with E-state index < -0.39 is 0 Å². The Bertz CT molecular complexity index is 670. The van der Waals surface area contributed by atoms with Crippen LogP contribution in [0.3, 0.4) is 0 Å². The van der Waals surface area contributed by atoms with Gasteiger partial charge in [-0.3, -0.25) is 9.59 Å². The molecule has 1 aliphatic rings. The highest BCUT2D eigenvalue weighted by molar-refractivity contribution is 14.0. The highest BCUT2D eigenvalue weighted by Crippen LogP contribution is 2.08. The number of nitrogens with zero attached hydrogens (tertiary/aromatic N) is 3. The van der Waals surface area contributed by atoms with Crippen molar-refractivity contribution in [2.45, 2.75) is 40.2 Å². The van der Waals surface area contributed by atoms with Crippen molar-refractivity contribution in [2.24, 2.45) is 4.99 Å². The second-order valence-electron chi connectivity index (χ2n) is 6.97. The van der Waals surface area contributed by atoms with E-state index in [0.717, 1.165) is 57.1 Å². The Hall–Kier alpha value is -1.84. The first-order valence-electron chi connectivity index (χ1n) is 10.2. The van der Waals surface area contributed by atoms with E-state index in [1.165, 1.54) is 0 Å². The first-order valence-corrected chi connectivity index (χ1v) is 10.2. The Morgan fingerprint density at radius 2 is 1.62 bits per heavy atom. The van der Waals surface area contributed by atoms with Gasteiger partial charge in [-0.25, -0.2) is 4.99 Å². The molecule has 0 saturated carbocycles. The SMILES string of the molecule is CCCCNC(=O)c1ccc(CN=C(NCC)N2CCN(C(C)=O)CC2)cc1.I. The Morgan fingerprint density at radius 3 is 2.17 bits per heavy atom. The molecular formula is C21H34IN5O2. The van der Waals surface area contributed by atoms with Gasteiger partial charge in [-0.1, -0.05) is 25.5 Å². The third-order valence-electron chi connectivity index (χ3n) is 4.80. The van der Waals surface area contributed by atoms with Gasteiger partial charge in [0.1, 0.15) is 0 Å². The molecule has 2 amide bonds. The predicted octanol–water partition coefficient (Wildman–Crippen LogP) is 2.46. The monoisotopic (exact) mass is 515 g/mol. The Balaban J connectivity index is 0.00000420. The molecule has 29 heavy (non-hydrogen) atoms. The van der Waals surface area contributed by atoms with Crippen molar-refractivity contribution < 1.29 is 9.59 Å². The number of halogens is 1. The summed E-state index contributed by atoms with van der Waals surface area (Å²) in [5.74, 6) is 0.965. The van der Waals surface area contributed by atoms with Crippen LogP contribution in [0.5, 0.6) is 0 Å². The standard InChI is InChI=1S/C21H33N5O2.HI/c1-4-6-11-23-20(28)19-9-7-18(8-10-19)16-24-21(22-5-2)26-14-12-25(13-15-26)17(3)27;/h7-10H,4-6,11-16H2,1-3H3,(H,22,24)(H,23,28);1H. The molecule has 0 aliphatic carbocycles. The molecule has 2 rings (SSSR count). The van der Waals surface area contributed by atoms with Gasteiger partial charge in [-0.2, -0.15) is 0 Å². The zero-order chi connectivity index (χ0) is 20.4. The number of aliphatic imine (C=N–C) groups is 1. The third-order valence-corrected chi connectivity index (χ3v) is 4.80. The molecule has 1 aromatic rings. The first kappa shape index (κ1) is 25.2. The Labute approximate surface area is 191 Å². The number of piperazine rings is 1. The van der Waals surface area contributed by atoms with Crippen molar-refractivity contribution in [2.75, 3.05) is 39.3 Å². The fourth-order valence-corrected chi connectivity index (χ4v) is 3.07. The summed E-state index contributed by atoms with van der Waals surface area (Å²) in [6.45, 7) is 10.8. The summed E-state index contributed by atoms with van der Waals surface area (Å²) in [5, 5.41) is 6.26. The van der Waals surface area contributed by atoms with Crippen LogP contribution in [0.4, 0.5) is 0 Å². The predicted molar refractivity (Wildman–Crippen MR) is 128 cm³/mol. The van der Waals surface area contributed by atoms with Crippen molar-refractivity contribution in [3.05, 3.63) is 35.4 Å². The summed E-state index contributed by atoms with van der Waals surface area (Å²) >= 11 is 0. The number of hydrogen-bond acceptors (Lipinski definition) is 3. The van der Waals surface area contributed by atoms with E-state index in [4.69, 9.17) is 4.99 Å². The van der Waals surface area contributed by atoms with Crippen LogP contribution >= 0.6 is 24.0 Å². The minimum atomic E-state index is -0.0276. The third kappa shape index (κ3) is 8.20. The highest BCUT2D eigenvalue weighted by atomic mass is 127. The number of carbonyl (C=O) groups is 2. The lowest BCUT2D eigenvalue weighted by molar-refractivity contribution is -0.130. The molecule has 0 aromatic heterocycles. The number of unbranched alkanes of at least 4 members (excludes halogenated alkanes) is 1. The molecule has 1 heterocycles. The molecule has 7 nitrogen and oxygen atoms in total. The summed E-state index contributed by atoms with van der Waals surface area (Å²) in [6, 6.07) is 7.61. The van der Waals surface area contributed by atoms with Crippen molar-refractivity contribution in [1.82, 2.24) is 20.4 Å². The lowest BCUT2D eigenvalue weighted by Gasteiger charge is -2.36. The van der Waals surface area contributed by atoms with Crippen LogP contribution < -0.4 is 10.6 Å². The number of carbonyl (C=O) groups excluding carboxylic acids is 2. The molecule has 8 heteroatoms. The number of rotatable bonds is 7. The molecule has 0 atom stereocenters. The van der Waals surface area contributed by atoms with Crippen LogP contribution in [0.1, 0.15) is 49.5 Å². The maximum Gasteiger partial charge on any atom is 0.251 e. The van der Waals surface area contributed by atoms with Crippen LogP contribution in [-0.4, -0.2) is 66.8 Å². The highest BCUT2D eigenvalue weighted by Gasteiger charge is 2.20. The Morgan fingerprint density at radius 1 is 1.00 bits per heavy atom. The Kier molecular flexibility index (Phi) is 11.6. The summed E-state index contributed by atoms with van der Waals surface area (Å²) in [7, 11) is 0. The molecule has 0 bridgehead atoms. The quantitative estimate of drug-likeness (QED) is 0.253. The van der Waals surface area contributed by atoms with Crippen molar-refractivity contribution in [1.29, 1.82) is 0 Å². The molecule has 1 aromatic carbocycles. The molecule has 0 unspecified atom stereocenters. The summed E-state index contributed by atoms with van der Waals surface area (Å²) < 4.78 is 0. The normalized spacial score (nSPS) is 14.2. The first-order chi connectivity index (χ1) is 13.5. The van der Waals surface area contributed by atoms with Crippen LogP contribution in [0.15, 0.2) is 29.3 Å². The zero-order valence-electron chi connectivity index (χ0n) is 17.7. The van der Waals surface area contributed by atoms with E-state index in [9.17, 15) is 9.59 Å². The average Bonchev–Trinajstić information content (AvgIpc) is 2.71. The number of nitrogens with one attached hydrogen (secondary N) is 2.